The van der Waals surface area contributed by atoms with Gasteiger partial charge in [0.2, 0.25) is 0 Å². The molecule has 0 spiro atoms. The summed E-state index contributed by atoms with van der Waals surface area (Å²) in [7, 11) is 1.96. The quantitative estimate of drug-likeness (QED) is 0.558. The van der Waals surface area contributed by atoms with Crippen molar-refractivity contribution in [3.8, 4) is 0 Å². The first-order chi connectivity index (χ1) is 7.08. The van der Waals surface area contributed by atoms with Crippen molar-refractivity contribution < 1.29 is 4.74 Å². The lowest BCUT2D eigenvalue weighted by atomic mass is 9.73. The molecule has 0 amide bonds. The van der Waals surface area contributed by atoms with E-state index < -0.39 is 0 Å². The molecular weight excluding hydrogens is 186 g/mol. The molecule has 1 aliphatic rings. The van der Waals surface area contributed by atoms with E-state index in [1.807, 2.05) is 7.05 Å². The molecule has 2 nitrogen and oxygen atoms in total. The molecule has 0 aromatic rings. The van der Waals surface area contributed by atoms with Crippen LogP contribution >= 0.6 is 0 Å². The highest BCUT2D eigenvalue weighted by molar-refractivity contribution is 5.22. The van der Waals surface area contributed by atoms with Crippen molar-refractivity contribution in [1.82, 2.24) is 5.32 Å². The first-order valence-corrected chi connectivity index (χ1v) is 5.99. The van der Waals surface area contributed by atoms with Crippen LogP contribution in [0.3, 0.4) is 0 Å². The van der Waals surface area contributed by atoms with Gasteiger partial charge in [-0.3, -0.25) is 0 Å². The summed E-state index contributed by atoms with van der Waals surface area (Å²) in [6.07, 6.45) is 3.89. The Kier molecular flexibility index (Phi) is 4.81. The summed E-state index contributed by atoms with van der Waals surface area (Å²) in [6, 6.07) is 0. The summed E-state index contributed by atoms with van der Waals surface area (Å²) < 4.78 is 5.70. The van der Waals surface area contributed by atoms with Gasteiger partial charge in [0.15, 0.2) is 0 Å². The Morgan fingerprint density at radius 2 is 2.13 bits per heavy atom. The number of hydrogen-bond donors (Lipinski definition) is 1. The Morgan fingerprint density at radius 1 is 1.40 bits per heavy atom. The molecule has 0 aromatic carbocycles. The molecule has 1 N–H and O–H groups in total. The fourth-order valence-electron chi connectivity index (χ4n) is 2.34. The van der Waals surface area contributed by atoms with E-state index in [9.17, 15) is 0 Å². The van der Waals surface area contributed by atoms with Gasteiger partial charge in [0.25, 0.3) is 0 Å². The van der Waals surface area contributed by atoms with Crippen molar-refractivity contribution in [3.63, 3.8) is 0 Å². The molecule has 0 bridgehead atoms. The Morgan fingerprint density at radius 3 is 2.73 bits per heavy atom. The van der Waals surface area contributed by atoms with Crippen LogP contribution in [0, 0.1) is 5.41 Å². The third kappa shape index (κ3) is 3.62. The van der Waals surface area contributed by atoms with E-state index in [4.69, 9.17) is 4.74 Å². The minimum absolute atomic E-state index is 0.349. The Hall–Kier alpha value is -0.340. The van der Waals surface area contributed by atoms with E-state index in [0.717, 1.165) is 19.8 Å². The first kappa shape index (κ1) is 12.7. The second-order valence-corrected chi connectivity index (χ2v) is 5.15. The van der Waals surface area contributed by atoms with Crippen molar-refractivity contribution in [2.75, 3.05) is 26.8 Å². The number of ether oxygens (including phenoxy) is 1. The molecule has 0 radical (unpaired) electrons. The van der Waals surface area contributed by atoms with Crippen molar-refractivity contribution in [2.45, 2.75) is 40.0 Å². The van der Waals surface area contributed by atoms with Gasteiger partial charge in [0.05, 0.1) is 13.2 Å². The van der Waals surface area contributed by atoms with E-state index >= 15 is 0 Å². The number of nitrogens with one attached hydrogen (secondary N) is 1. The second kappa shape index (κ2) is 5.66. The smallest absolute Gasteiger partial charge is 0.0685 e. The maximum absolute atomic E-state index is 5.70. The van der Waals surface area contributed by atoms with Gasteiger partial charge in [-0.1, -0.05) is 19.4 Å². The summed E-state index contributed by atoms with van der Waals surface area (Å²) in [5, 5.41) is 3.10. The Balaban J connectivity index is 2.49. The van der Waals surface area contributed by atoms with Crippen LogP contribution in [0.25, 0.3) is 0 Å². The summed E-state index contributed by atoms with van der Waals surface area (Å²) >= 11 is 0. The molecule has 1 rings (SSSR count). The zero-order valence-electron chi connectivity index (χ0n) is 10.7. The third-order valence-corrected chi connectivity index (χ3v) is 3.43. The van der Waals surface area contributed by atoms with E-state index in [0.29, 0.717) is 5.41 Å². The predicted molar refractivity (Wildman–Crippen MR) is 65.1 cm³/mol. The molecule has 0 aliphatic heterocycles. The van der Waals surface area contributed by atoms with E-state index in [2.05, 4.69) is 26.1 Å². The predicted octanol–water partition coefficient (Wildman–Crippen LogP) is 2.75. The average Bonchev–Trinajstić information content (AvgIpc) is 2.15. The lowest BCUT2D eigenvalue weighted by molar-refractivity contribution is 0.139. The SMILES string of the molecule is CNCCOCC1=C(C)CCCC1(C)C. The molecule has 2 heteroatoms. The molecule has 0 fully saturated rings. The number of hydrogen-bond acceptors (Lipinski definition) is 2. The first-order valence-electron chi connectivity index (χ1n) is 5.99. The molecule has 88 valence electrons. The molecular formula is C13H25NO. The standard InChI is InChI=1S/C13H25NO/c1-11-6-5-7-13(2,3)12(11)10-15-9-8-14-4/h14H,5-10H2,1-4H3. The molecule has 0 atom stereocenters. The molecule has 0 aromatic heterocycles. The van der Waals surface area contributed by atoms with Crippen LogP contribution in [-0.2, 0) is 4.74 Å². The Labute approximate surface area is 94.1 Å². The largest absolute Gasteiger partial charge is 0.376 e. The Bertz CT molecular complexity index is 231. The summed E-state index contributed by atoms with van der Waals surface area (Å²) in [5.41, 5.74) is 3.43. The van der Waals surface area contributed by atoms with Crippen LogP contribution in [0.4, 0.5) is 0 Å². The maximum Gasteiger partial charge on any atom is 0.0685 e. The number of allylic oxidation sites excluding steroid dienone is 1. The van der Waals surface area contributed by atoms with E-state index in [-0.39, 0.29) is 0 Å². The zero-order chi connectivity index (χ0) is 11.3. The van der Waals surface area contributed by atoms with Gasteiger partial charge >= 0.3 is 0 Å². The van der Waals surface area contributed by atoms with Crippen LogP contribution in [0.2, 0.25) is 0 Å². The summed E-state index contributed by atoms with van der Waals surface area (Å²) in [4.78, 5) is 0. The molecule has 0 saturated carbocycles. The molecule has 15 heavy (non-hydrogen) atoms. The highest BCUT2D eigenvalue weighted by Gasteiger charge is 2.27. The van der Waals surface area contributed by atoms with E-state index in [1.165, 1.54) is 24.8 Å². The zero-order valence-corrected chi connectivity index (χ0v) is 10.7. The highest BCUT2D eigenvalue weighted by Crippen LogP contribution is 2.39. The van der Waals surface area contributed by atoms with Crippen LogP contribution in [0.15, 0.2) is 11.1 Å². The van der Waals surface area contributed by atoms with Crippen LogP contribution in [0.5, 0.6) is 0 Å². The normalized spacial score (nSPS) is 20.8. The minimum Gasteiger partial charge on any atom is -0.376 e. The van der Waals surface area contributed by atoms with Gasteiger partial charge in [-0.05, 0) is 44.2 Å². The monoisotopic (exact) mass is 211 g/mol. The minimum atomic E-state index is 0.349. The lowest BCUT2D eigenvalue weighted by Gasteiger charge is -2.34. The highest BCUT2D eigenvalue weighted by atomic mass is 16.5. The van der Waals surface area contributed by atoms with Gasteiger partial charge in [0.1, 0.15) is 0 Å². The van der Waals surface area contributed by atoms with Gasteiger partial charge < -0.3 is 10.1 Å². The van der Waals surface area contributed by atoms with Gasteiger partial charge in [0, 0.05) is 6.54 Å². The van der Waals surface area contributed by atoms with Gasteiger partial charge in [-0.15, -0.1) is 0 Å². The maximum atomic E-state index is 5.70. The summed E-state index contributed by atoms with van der Waals surface area (Å²) in [5.74, 6) is 0. The molecule has 0 unspecified atom stereocenters. The van der Waals surface area contributed by atoms with Crippen molar-refractivity contribution in [1.29, 1.82) is 0 Å². The van der Waals surface area contributed by atoms with Crippen LogP contribution in [-0.4, -0.2) is 26.8 Å². The molecule has 0 heterocycles. The van der Waals surface area contributed by atoms with Crippen LogP contribution < -0.4 is 5.32 Å². The van der Waals surface area contributed by atoms with Gasteiger partial charge in [-0.2, -0.15) is 0 Å². The lowest BCUT2D eigenvalue weighted by Crippen LogP contribution is -2.25. The third-order valence-electron chi connectivity index (χ3n) is 3.43. The average molecular weight is 211 g/mol. The number of likely N-dealkylation sites (N-methyl/N-ethyl adjacent to an activating group) is 1. The topological polar surface area (TPSA) is 21.3 Å². The molecule has 1 aliphatic carbocycles. The van der Waals surface area contributed by atoms with Crippen molar-refractivity contribution >= 4 is 0 Å². The fourth-order valence-corrected chi connectivity index (χ4v) is 2.34. The van der Waals surface area contributed by atoms with Crippen molar-refractivity contribution in [3.05, 3.63) is 11.1 Å². The van der Waals surface area contributed by atoms with Crippen LogP contribution in [0.1, 0.15) is 40.0 Å². The second-order valence-electron chi connectivity index (χ2n) is 5.15. The number of rotatable bonds is 5. The summed E-state index contributed by atoms with van der Waals surface area (Å²) in [6.45, 7) is 9.51. The van der Waals surface area contributed by atoms with Gasteiger partial charge in [-0.25, -0.2) is 0 Å². The van der Waals surface area contributed by atoms with Crippen molar-refractivity contribution in [2.24, 2.45) is 5.41 Å². The molecule has 0 saturated heterocycles. The fraction of sp³-hybridized carbons (Fsp3) is 0.846. The van der Waals surface area contributed by atoms with E-state index in [1.54, 1.807) is 5.57 Å².